The Balaban J connectivity index is 1.34. The molecule has 1 heterocycles. The molecule has 1 amide bonds. The number of halogens is 2. The lowest BCUT2D eigenvalue weighted by atomic mass is 10.0. The third kappa shape index (κ3) is 8.13. The maximum atomic E-state index is 13.8. The minimum Gasteiger partial charge on any atom is -0.390 e. The highest BCUT2D eigenvalue weighted by Crippen LogP contribution is 2.22. The Hall–Kier alpha value is -3.24. The van der Waals surface area contributed by atoms with Gasteiger partial charge in [-0.05, 0) is 53.8 Å². The number of aromatic nitrogens is 1. The summed E-state index contributed by atoms with van der Waals surface area (Å²) in [6, 6.07) is 18.3. The van der Waals surface area contributed by atoms with Gasteiger partial charge in [0.05, 0.1) is 29.0 Å². The lowest BCUT2D eigenvalue weighted by Gasteiger charge is -2.25. The number of para-hydroxylation sites is 1. The highest BCUT2D eigenvalue weighted by atomic mass is 32.1. The van der Waals surface area contributed by atoms with Gasteiger partial charge in [0.1, 0.15) is 23.2 Å². The van der Waals surface area contributed by atoms with Crippen molar-refractivity contribution in [3.8, 4) is 0 Å². The number of amides is 1. The zero-order valence-electron chi connectivity index (χ0n) is 21.1. The summed E-state index contributed by atoms with van der Waals surface area (Å²) in [5.74, 6) is -1.87. The number of aliphatic hydroxyl groups excluding tert-OH is 1. The molecule has 0 radical (unpaired) electrons. The summed E-state index contributed by atoms with van der Waals surface area (Å²) in [6.07, 6.45) is -0.0358. The monoisotopic (exact) mass is 539 g/mol. The van der Waals surface area contributed by atoms with Gasteiger partial charge in [-0.15, -0.1) is 11.3 Å². The molecule has 0 bridgehead atoms. The van der Waals surface area contributed by atoms with E-state index in [9.17, 15) is 18.7 Å². The van der Waals surface area contributed by atoms with Crippen molar-refractivity contribution in [2.24, 2.45) is 0 Å². The number of nitrogens with one attached hydrogen (secondary N) is 2. The Morgan fingerprint density at radius 2 is 1.79 bits per heavy atom. The van der Waals surface area contributed by atoms with Crippen molar-refractivity contribution in [3.05, 3.63) is 100 Å². The summed E-state index contributed by atoms with van der Waals surface area (Å²) in [4.78, 5) is 17.2. The number of aryl methyl sites for hydroxylation is 1. The molecule has 0 aliphatic rings. The van der Waals surface area contributed by atoms with Crippen molar-refractivity contribution >= 4 is 27.5 Å². The van der Waals surface area contributed by atoms with E-state index in [4.69, 9.17) is 4.74 Å². The Kier molecular flexibility index (Phi) is 9.89. The predicted molar refractivity (Wildman–Crippen MR) is 145 cm³/mol. The minimum atomic E-state index is -1.01. The molecule has 0 spiro atoms. The summed E-state index contributed by atoms with van der Waals surface area (Å²) in [6.45, 7) is 2.72. The molecule has 9 heteroatoms. The quantitative estimate of drug-likeness (QED) is 0.233. The van der Waals surface area contributed by atoms with Crippen LogP contribution in [0.2, 0.25) is 0 Å². The van der Waals surface area contributed by atoms with E-state index in [1.807, 2.05) is 36.4 Å². The summed E-state index contributed by atoms with van der Waals surface area (Å²) >= 11 is 1.49. The molecular weight excluding hydrogens is 508 g/mol. The first kappa shape index (κ1) is 27.8. The van der Waals surface area contributed by atoms with E-state index in [2.05, 4.69) is 34.7 Å². The first-order valence-corrected chi connectivity index (χ1v) is 13.3. The van der Waals surface area contributed by atoms with Gasteiger partial charge in [0, 0.05) is 19.2 Å². The molecule has 0 saturated heterocycles. The van der Waals surface area contributed by atoms with Gasteiger partial charge in [-0.1, -0.05) is 43.3 Å². The van der Waals surface area contributed by atoms with Crippen LogP contribution in [0.4, 0.5) is 8.78 Å². The summed E-state index contributed by atoms with van der Waals surface area (Å²) in [7, 11) is 0. The van der Waals surface area contributed by atoms with Crippen LogP contribution in [0.15, 0.2) is 66.7 Å². The third-order valence-corrected chi connectivity index (χ3v) is 7.08. The number of carbonyl (C=O) groups is 1. The van der Waals surface area contributed by atoms with Crippen LogP contribution in [0.25, 0.3) is 10.2 Å². The van der Waals surface area contributed by atoms with Crippen molar-refractivity contribution in [2.75, 3.05) is 13.2 Å². The number of fused-ring (bicyclic) bond motifs is 1. The van der Waals surface area contributed by atoms with Crippen LogP contribution >= 0.6 is 11.3 Å². The topological polar surface area (TPSA) is 83.5 Å². The predicted octanol–water partition coefficient (Wildman–Crippen LogP) is 4.53. The van der Waals surface area contributed by atoms with Gasteiger partial charge in [0.25, 0.3) is 0 Å². The van der Waals surface area contributed by atoms with Crippen molar-refractivity contribution in [1.29, 1.82) is 0 Å². The van der Waals surface area contributed by atoms with Gasteiger partial charge >= 0.3 is 0 Å². The molecule has 0 aliphatic carbocycles. The number of thiazole rings is 1. The molecule has 4 aromatic rings. The van der Waals surface area contributed by atoms with Crippen LogP contribution in [0, 0.1) is 11.6 Å². The Bertz CT molecular complexity index is 1310. The van der Waals surface area contributed by atoms with E-state index >= 15 is 0 Å². The number of nitrogens with zero attached hydrogens (tertiary/aromatic N) is 1. The number of hydrogen-bond acceptors (Lipinski definition) is 6. The van der Waals surface area contributed by atoms with E-state index in [-0.39, 0.29) is 26.2 Å². The zero-order chi connectivity index (χ0) is 26.9. The van der Waals surface area contributed by atoms with Gasteiger partial charge in [-0.25, -0.2) is 13.8 Å². The van der Waals surface area contributed by atoms with Gasteiger partial charge < -0.3 is 20.5 Å². The highest BCUT2D eigenvalue weighted by Gasteiger charge is 2.22. The van der Waals surface area contributed by atoms with Gasteiger partial charge in [-0.2, -0.15) is 0 Å². The first-order valence-electron chi connectivity index (χ1n) is 12.5. The third-order valence-electron chi connectivity index (χ3n) is 6.07. The summed E-state index contributed by atoms with van der Waals surface area (Å²) in [5, 5.41) is 17.6. The van der Waals surface area contributed by atoms with E-state index < -0.39 is 29.7 Å². The number of hydrogen-bond donors (Lipinski definition) is 3. The molecule has 6 nitrogen and oxygen atoms in total. The lowest BCUT2D eigenvalue weighted by molar-refractivity contribution is -0.127. The van der Waals surface area contributed by atoms with Crippen molar-refractivity contribution in [2.45, 2.75) is 45.1 Å². The molecule has 200 valence electrons. The van der Waals surface area contributed by atoms with Crippen LogP contribution in [0.5, 0.6) is 0 Å². The van der Waals surface area contributed by atoms with E-state index in [1.165, 1.54) is 29.0 Å². The van der Waals surface area contributed by atoms with Gasteiger partial charge in [0.15, 0.2) is 0 Å². The molecule has 3 aromatic carbocycles. The second-order valence-corrected chi connectivity index (χ2v) is 10.2. The number of ether oxygens (including phenoxy) is 1. The molecule has 1 aromatic heterocycles. The number of aliphatic hydroxyl groups is 1. The molecule has 38 heavy (non-hydrogen) atoms. The Labute approximate surface area is 224 Å². The average Bonchev–Trinajstić information content (AvgIpc) is 3.30. The highest BCUT2D eigenvalue weighted by molar-refractivity contribution is 7.18. The van der Waals surface area contributed by atoms with Crippen LogP contribution in [-0.2, 0) is 35.5 Å². The van der Waals surface area contributed by atoms with Crippen LogP contribution in [0.1, 0.15) is 28.6 Å². The fourth-order valence-electron chi connectivity index (χ4n) is 4.19. The molecule has 0 fully saturated rings. The zero-order valence-corrected chi connectivity index (χ0v) is 21.9. The number of carbonyl (C=O) groups excluding carboxylic acids is 1. The number of benzene rings is 3. The largest absolute Gasteiger partial charge is 0.390 e. The van der Waals surface area contributed by atoms with Gasteiger partial charge in [0.2, 0.25) is 5.91 Å². The first-order chi connectivity index (χ1) is 18.4. The minimum absolute atomic E-state index is 0.0481. The SMILES string of the molecule is CCc1cccc(CNCC(O)C(Cc2cc(F)cc(F)c2)NC(=O)COCc2nc3ccccc3s2)c1. The van der Waals surface area contributed by atoms with Crippen LogP contribution < -0.4 is 10.6 Å². The summed E-state index contributed by atoms with van der Waals surface area (Å²) < 4.78 is 34.1. The molecule has 2 unspecified atom stereocenters. The van der Waals surface area contributed by atoms with Crippen molar-refractivity contribution in [3.63, 3.8) is 0 Å². The van der Waals surface area contributed by atoms with E-state index in [0.717, 1.165) is 33.3 Å². The fourth-order valence-corrected chi connectivity index (χ4v) is 5.10. The molecule has 3 N–H and O–H groups in total. The summed E-state index contributed by atoms with van der Waals surface area (Å²) in [5.41, 5.74) is 3.50. The fraction of sp³-hybridized carbons (Fsp3) is 0.310. The second-order valence-electron chi connectivity index (χ2n) is 9.10. The van der Waals surface area contributed by atoms with E-state index in [0.29, 0.717) is 12.1 Å². The standard InChI is InChI=1S/C29H31F2N3O3S/c1-2-19-6-5-7-20(10-19)15-32-16-26(35)25(13-21-11-22(30)14-23(31)12-21)33-28(36)17-37-18-29-34-24-8-3-4-9-27(24)38-29/h3-12,14,25-26,32,35H,2,13,15-18H2,1H3,(H,33,36). The maximum absolute atomic E-state index is 13.8. The molecule has 4 rings (SSSR count). The van der Waals surface area contributed by atoms with E-state index in [1.54, 1.807) is 0 Å². The number of rotatable bonds is 13. The molecular formula is C29H31F2N3O3S. The maximum Gasteiger partial charge on any atom is 0.246 e. The lowest BCUT2D eigenvalue weighted by Crippen LogP contribution is -2.49. The smallest absolute Gasteiger partial charge is 0.246 e. The van der Waals surface area contributed by atoms with Crippen LogP contribution in [-0.4, -0.2) is 41.3 Å². The molecule has 2 atom stereocenters. The Morgan fingerprint density at radius 1 is 1.03 bits per heavy atom. The normalized spacial score (nSPS) is 12.9. The van der Waals surface area contributed by atoms with Crippen LogP contribution in [0.3, 0.4) is 0 Å². The molecule has 0 saturated carbocycles. The average molecular weight is 540 g/mol. The van der Waals surface area contributed by atoms with Crippen molar-refractivity contribution < 1.29 is 23.4 Å². The Morgan fingerprint density at radius 3 is 2.55 bits per heavy atom. The second kappa shape index (κ2) is 13.5. The molecule has 0 aliphatic heterocycles. The van der Waals surface area contributed by atoms with Gasteiger partial charge in [-0.3, -0.25) is 4.79 Å². The van der Waals surface area contributed by atoms with Crippen molar-refractivity contribution in [1.82, 2.24) is 15.6 Å².